The molecule has 2 N–H and O–H groups in total. The molecule has 0 spiro atoms. The van der Waals surface area contributed by atoms with Crippen molar-refractivity contribution in [3.8, 4) is 0 Å². The maximum atomic E-state index is 13.3. The SMILES string of the molecule is Cc1cc([C@](C)(O)CNC(=O)c2cc(F)ccc2[N+](=O)[O-])c(C)o1. The highest BCUT2D eigenvalue weighted by molar-refractivity contribution is 5.98. The molecule has 1 atom stereocenters. The van der Waals surface area contributed by atoms with Gasteiger partial charge >= 0.3 is 0 Å². The van der Waals surface area contributed by atoms with Gasteiger partial charge in [0.2, 0.25) is 0 Å². The lowest BCUT2D eigenvalue weighted by molar-refractivity contribution is -0.385. The van der Waals surface area contributed by atoms with Gasteiger partial charge in [-0.15, -0.1) is 0 Å². The van der Waals surface area contributed by atoms with E-state index < -0.39 is 33.5 Å². The van der Waals surface area contributed by atoms with E-state index in [1.165, 1.54) is 6.92 Å². The van der Waals surface area contributed by atoms with Gasteiger partial charge in [-0.2, -0.15) is 0 Å². The van der Waals surface area contributed by atoms with Gasteiger partial charge in [-0.1, -0.05) is 0 Å². The van der Waals surface area contributed by atoms with Crippen LogP contribution in [-0.2, 0) is 5.60 Å². The van der Waals surface area contributed by atoms with E-state index in [4.69, 9.17) is 4.42 Å². The van der Waals surface area contributed by atoms with E-state index in [1.54, 1.807) is 19.9 Å². The van der Waals surface area contributed by atoms with Crippen molar-refractivity contribution in [2.75, 3.05) is 6.54 Å². The van der Waals surface area contributed by atoms with Crippen LogP contribution in [0.1, 0.15) is 34.4 Å². The summed E-state index contributed by atoms with van der Waals surface area (Å²) in [6.45, 7) is 4.65. The maximum absolute atomic E-state index is 13.3. The fourth-order valence-electron chi connectivity index (χ4n) is 2.46. The molecule has 0 saturated carbocycles. The zero-order chi connectivity index (χ0) is 18.1. The quantitative estimate of drug-likeness (QED) is 0.645. The lowest BCUT2D eigenvalue weighted by Crippen LogP contribution is -2.39. The summed E-state index contributed by atoms with van der Waals surface area (Å²) in [5.41, 5.74) is -1.87. The molecule has 0 aliphatic carbocycles. The molecule has 128 valence electrons. The Balaban J connectivity index is 2.20. The van der Waals surface area contributed by atoms with E-state index in [-0.39, 0.29) is 6.54 Å². The van der Waals surface area contributed by atoms with Crippen LogP contribution in [0.3, 0.4) is 0 Å². The number of hydrogen-bond donors (Lipinski definition) is 2. The number of amides is 1. The number of carbonyl (C=O) groups is 1. The molecule has 0 saturated heterocycles. The Kier molecular flexibility index (Phi) is 4.70. The normalized spacial score (nSPS) is 13.4. The number of benzene rings is 1. The highest BCUT2D eigenvalue weighted by Crippen LogP contribution is 2.27. The number of hydrogen-bond acceptors (Lipinski definition) is 5. The zero-order valence-corrected chi connectivity index (χ0v) is 13.4. The van der Waals surface area contributed by atoms with Gasteiger partial charge in [0.05, 0.1) is 11.5 Å². The van der Waals surface area contributed by atoms with Crippen molar-refractivity contribution < 1.29 is 23.6 Å². The van der Waals surface area contributed by atoms with Crippen molar-refractivity contribution in [3.05, 3.63) is 62.8 Å². The second-order valence-electron chi connectivity index (χ2n) is 5.70. The van der Waals surface area contributed by atoms with Crippen LogP contribution in [0.5, 0.6) is 0 Å². The third-order valence-electron chi connectivity index (χ3n) is 3.61. The molecule has 2 aromatic rings. The Labute approximate surface area is 137 Å². The molecule has 0 radical (unpaired) electrons. The molecule has 24 heavy (non-hydrogen) atoms. The highest BCUT2D eigenvalue weighted by atomic mass is 19.1. The maximum Gasteiger partial charge on any atom is 0.282 e. The largest absolute Gasteiger partial charge is 0.466 e. The van der Waals surface area contributed by atoms with Crippen molar-refractivity contribution in [1.29, 1.82) is 0 Å². The summed E-state index contributed by atoms with van der Waals surface area (Å²) in [4.78, 5) is 22.4. The number of nitrogens with one attached hydrogen (secondary N) is 1. The second kappa shape index (κ2) is 6.40. The third-order valence-corrected chi connectivity index (χ3v) is 3.61. The van der Waals surface area contributed by atoms with Crippen molar-refractivity contribution >= 4 is 11.6 Å². The summed E-state index contributed by atoms with van der Waals surface area (Å²) in [5, 5.41) is 23.9. The minimum absolute atomic E-state index is 0.223. The molecule has 1 amide bonds. The fourth-order valence-corrected chi connectivity index (χ4v) is 2.46. The first kappa shape index (κ1) is 17.6. The van der Waals surface area contributed by atoms with Crippen LogP contribution in [0.15, 0.2) is 28.7 Å². The van der Waals surface area contributed by atoms with Gasteiger partial charge in [0, 0.05) is 11.6 Å². The Morgan fingerprint density at radius 1 is 1.42 bits per heavy atom. The van der Waals surface area contributed by atoms with Crippen LogP contribution in [0.25, 0.3) is 0 Å². The monoisotopic (exact) mass is 336 g/mol. The van der Waals surface area contributed by atoms with Crippen molar-refractivity contribution in [3.63, 3.8) is 0 Å². The van der Waals surface area contributed by atoms with Crippen LogP contribution >= 0.6 is 0 Å². The Bertz CT molecular complexity index is 798. The average molecular weight is 336 g/mol. The van der Waals surface area contributed by atoms with Gasteiger partial charge in [-0.05, 0) is 39.0 Å². The van der Waals surface area contributed by atoms with Crippen molar-refractivity contribution in [2.24, 2.45) is 0 Å². The molecule has 0 aliphatic heterocycles. The van der Waals surface area contributed by atoms with E-state index >= 15 is 0 Å². The van der Waals surface area contributed by atoms with Gasteiger partial charge in [-0.3, -0.25) is 14.9 Å². The van der Waals surface area contributed by atoms with Crippen LogP contribution < -0.4 is 5.32 Å². The van der Waals surface area contributed by atoms with Gasteiger partial charge in [-0.25, -0.2) is 4.39 Å². The Morgan fingerprint density at radius 2 is 2.08 bits per heavy atom. The summed E-state index contributed by atoms with van der Waals surface area (Å²) in [5.74, 6) is -0.503. The number of aryl methyl sites for hydroxylation is 2. The molecule has 0 fully saturated rings. The van der Waals surface area contributed by atoms with Gasteiger partial charge in [0.1, 0.15) is 28.5 Å². The lowest BCUT2D eigenvalue weighted by Gasteiger charge is -2.23. The number of rotatable bonds is 5. The fraction of sp³-hybridized carbons (Fsp3) is 0.312. The lowest BCUT2D eigenvalue weighted by atomic mass is 9.96. The average Bonchev–Trinajstić information content (AvgIpc) is 2.84. The highest BCUT2D eigenvalue weighted by Gasteiger charge is 2.29. The van der Waals surface area contributed by atoms with E-state index in [2.05, 4.69) is 5.32 Å². The topological polar surface area (TPSA) is 106 Å². The van der Waals surface area contributed by atoms with Gasteiger partial charge in [0.25, 0.3) is 11.6 Å². The first-order valence-electron chi connectivity index (χ1n) is 7.14. The first-order valence-corrected chi connectivity index (χ1v) is 7.14. The second-order valence-corrected chi connectivity index (χ2v) is 5.70. The first-order chi connectivity index (χ1) is 11.1. The minimum Gasteiger partial charge on any atom is -0.466 e. The molecule has 1 heterocycles. The summed E-state index contributed by atoms with van der Waals surface area (Å²) in [6, 6.07) is 4.26. The van der Waals surface area contributed by atoms with E-state index in [0.29, 0.717) is 17.1 Å². The standard InChI is InChI=1S/C16H17FN2O5/c1-9-6-13(10(2)24-9)16(3,21)8-18-15(20)12-7-11(17)4-5-14(12)19(22)23/h4-7,21H,8H2,1-3H3,(H,18,20)/t16-/m1/s1. The molecule has 7 nitrogen and oxygen atoms in total. The summed E-state index contributed by atoms with van der Waals surface area (Å²) in [6.07, 6.45) is 0. The predicted molar refractivity (Wildman–Crippen MR) is 83.1 cm³/mol. The van der Waals surface area contributed by atoms with E-state index in [9.17, 15) is 24.4 Å². The molecule has 1 aromatic heterocycles. The van der Waals surface area contributed by atoms with Crippen LogP contribution in [0.2, 0.25) is 0 Å². The summed E-state index contributed by atoms with van der Waals surface area (Å²) < 4.78 is 18.6. The number of nitro groups is 1. The van der Waals surface area contributed by atoms with Crippen molar-refractivity contribution in [1.82, 2.24) is 5.32 Å². The Hall–Kier alpha value is -2.74. The van der Waals surface area contributed by atoms with Gasteiger partial charge < -0.3 is 14.8 Å². The van der Waals surface area contributed by atoms with Crippen LogP contribution in [0, 0.1) is 29.8 Å². The van der Waals surface area contributed by atoms with Gasteiger partial charge in [0.15, 0.2) is 0 Å². The molecule has 0 bridgehead atoms. The molecular formula is C16H17FN2O5. The Morgan fingerprint density at radius 3 is 2.62 bits per heavy atom. The molecule has 8 heteroatoms. The number of furan rings is 1. The van der Waals surface area contributed by atoms with Crippen LogP contribution in [-0.4, -0.2) is 22.5 Å². The van der Waals surface area contributed by atoms with E-state index in [0.717, 1.165) is 18.2 Å². The smallest absolute Gasteiger partial charge is 0.282 e. The number of halogens is 1. The van der Waals surface area contributed by atoms with E-state index in [1.807, 2.05) is 0 Å². The van der Waals surface area contributed by atoms with Crippen molar-refractivity contribution in [2.45, 2.75) is 26.4 Å². The summed E-state index contributed by atoms with van der Waals surface area (Å²) >= 11 is 0. The van der Waals surface area contributed by atoms with Crippen LogP contribution in [0.4, 0.5) is 10.1 Å². The number of aliphatic hydroxyl groups is 1. The molecule has 1 aromatic carbocycles. The number of carbonyl (C=O) groups excluding carboxylic acids is 1. The molecule has 2 rings (SSSR count). The third kappa shape index (κ3) is 3.60. The number of nitrogens with zero attached hydrogens (tertiary/aromatic N) is 1. The molecule has 0 aliphatic rings. The summed E-state index contributed by atoms with van der Waals surface area (Å²) in [7, 11) is 0. The molecular weight excluding hydrogens is 319 g/mol. The minimum atomic E-state index is -1.44. The molecule has 0 unspecified atom stereocenters. The zero-order valence-electron chi connectivity index (χ0n) is 13.4. The predicted octanol–water partition coefficient (Wildman–Crippen LogP) is 2.58. The number of nitro benzene ring substituents is 1.